The summed E-state index contributed by atoms with van der Waals surface area (Å²) in [6.45, 7) is 6.46. The molecule has 0 aliphatic heterocycles. The maximum absolute atomic E-state index is 12.8. The number of esters is 3. The fourth-order valence-electron chi connectivity index (χ4n) is 8.30. The number of hydrogen-bond donors (Lipinski definition) is 0. The molecule has 1 atom stereocenters. The summed E-state index contributed by atoms with van der Waals surface area (Å²) in [6.07, 6.45) is 86.4. The third-order valence-electron chi connectivity index (χ3n) is 13.0. The van der Waals surface area contributed by atoms with Gasteiger partial charge >= 0.3 is 17.9 Å². The SMILES string of the molecule is CC/C=C\C/C=C\C/C=C\C/C=C\C/C=C\C/C=C\C/C=C\C/C=C\C/C=C\CCCCCCCCCC(=O)OCC(COC(=O)CCCCCCCCCCCCC)OC(=O)CCCCCCC/C=C\CCCC. The average molecular weight is 1040 g/mol. The Balaban J connectivity index is 4.17. The second-order valence-electron chi connectivity index (χ2n) is 20.2. The molecular weight excluding hydrogens is 925 g/mol. The van der Waals surface area contributed by atoms with Crippen LogP contribution < -0.4 is 0 Å². The molecule has 0 fully saturated rings. The van der Waals surface area contributed by atoms with Crippen LogP contribution in [0.15, 0.2) is 122 Å². The molecule has 0 aromatic rings. The zero-order valence-corrected chi connectivity index (χ0v) is 48.8. The standard InChI is InChI=1S/C69H114O6/c1-4-7-10-13-16-19-22-23-24-25-26-27-28-29-30-31-32-33-34-35-36-37-38-39-40-41-42-43-44-45-48-50-53-56-59-62-68(71)74-65-66(75-69(72)63-60-57-54-51-47-21-18-15-12-9-6-3)64-73-67(70)61-58-55-52-49-46-20-17-14-11-8-5-2/h7,10,15-16,18-19,23-24,26-27,29-30,32-33,35-36,38-39,41-42,66H,4-6,8-9,11-14,17,20-22,25,28,31,34,37,40,43-65H2,1-3H3/b10-7-,18-15-,19-16-,24-23-,27-26-,30-29-,33-32-,36-35-,39-38-,42-41-. The number of unbranched alkanes of at least 4 members (excludes halogenated alkanes) is 24. The van der Waals surface area contributed by atoms with Crippen molar-refractivity contribution in [2.45, 2.75) is 284 Å². The highest BCUT2D eigenvalue weighted by molar-refractivity contribution is 5.71. The lowest BCUT2D eigenvalue weighted by Crippen LogP contribution is -2.30. The van der Waals surface area contributed by atoms with Crippen molar-refractivity contribution in [1.82, 2.24) is 0 Å². The summed E-state index contributed by atoms with van der Waals surface area (Å²) in [5, 5.41) is 0. The number of ether oxygens (including phenoxy) is 3. The lowest BCUT2D eigenvalue weighted by Gasteiger charge is -2.18. The van der Waals surface area contributed by atoms with Crippen molar-refractivity contribution in [2.24, 2.45) is 0 Å². The van der Waals surface area contributed by atoms with E-state index in [4.69, 9.17) is 14.2 Å². The molecule has 0 amide bonds. The monoisotopic (exact) mass is 1040 g/mol. The van der Waals surface area contributed by atoms with Crippen molar-refractivity contribution < 1.29 is 28.6 Å². The highest BCUT2D eigenvalue weighted by atomic mass is 16.6. The minimum Gasteiger partial charge on any atom is -0.462 e. The average Bonchev–Trinajstić information content (AvgIpc) is 3.41. The number of rotatable bonds is 55. The maximum Gasteiger partial charge on any atom is 0.306 e. The van der Waals surface area contributed by atoms with Crippen LogP contribution in [0.5, 0.6) is 0 Å². The molecule has 1 unspecified atom stereocenters. The van der Waals surface area contributed by atoms with Crippen molar-refractivity contribution in [1.29, 1.82) is 0 Å². The van der Waals surface area contributed by atoms with E-state index in [1.165, 1.54) is 103 Å². The number of carbonyl (C=O) groups excluding carboxylic acids is 3. The van der Waals surface area contributed by atoms with Gasteiger partial charge in [0.1, 0.15) is 13.2 Å². The minimum absolute atomic E-state index is 0.0837. The fourth-order valence-corrected chi connectivity index (χ4v) is 8.30. The minimum atomic E-state index is -0.786. The zero-order chi connectivity index (χ0) is 54.3. The molecule has 0 heterocycles. The van der Waals surface area contributed by atoms with E-state index < -0.39 is 6.10 Å². The predicted octanol–water partition coefficient (Wildman–Crippen LogP) is 21.2. The summed E-state index contributed by atoms with van der Waals surface area (Å²) in [5.74, 6) is -0.905. The van der Waals surface area contributed by atoms with Gasteiger partial charge in [-0.25, -0.2) is 0 Å². The summed E-state index contributed by atoms with van der Waals surface area (Å²) < 4.78 is 16.8. The quantitative estimate of drug-likeness (QED) is 0.0261. The van der Waals surface area contributed by atoms with Crippen LogP contribution >= 0.6 is 0 Å². The molecule has 0 rings (SSSR count). The first-order valence-corrected chi connectivity index (χ1v) is 31.0. The van der Waals surface area contributed by atoms with Gasteiger partial charge in [-0.15, -0.1) is 0 Å². The van der Waals surface area contributed by atoms with E-state index in [-0.39, 0.29) is 31.1 Å². The Bertz CT molecular complexity index is 1570. The lowest BCUT2D eigenvalue weighted by atomic mass is 10.1. The van der Waals surface area contributed by atoms with Gasteiger partial charge in [0.15, 0.2) is 6.10 Å². The first-order valence-electron chi connectivity index (χ1n) is 31.0. The Hall–Kier alpha value is -4.19. The molecule has 0 radical (unpaired) electrons. The van der Waals surface area contributed by atoms with Crippen molar-refractivity contribution >= 4 is 17.9 Å². The number of hydrogen-bond acceptors (Lipinski definition) is 6. The molecule has 0 aliphatic rings. The van der Waals surface area contributed by atoms with Gasteiger partial charge in [-0.05, 0) is 109 Å². The molecule has 6 heteroatoms. The van der Waals surface area contributed by atoms with Gasteiger partial charge in [-0.3, -0.25) is 14.4 Å². The van der Waals surface area contributed by atoms with Gasteiger partial charge in [-0.2, -0.15) is 0 Å². The van der Waals surface area contributed by atoms with Crippen molar-refractivity contribution in [3.63, 3.8) is 0 Å². The fraction of sp³-hybridized carbons (Fsp3) is 0.667. The summed E-state index contributed by atoms with van der Waals surface area (Å²) in [4.78, 5) is 38.1. The molecule has 0 N–H and O–H groups in total. The number of allylic oxidation sites excluding steroid dienone is 20. The topological polar surface area (TPSA) is 78.9 Å². The summed E-state index contributed by atoms with van der Waals surface area (Å²) in [5.41, 5.74) is 0. The summed E-state index contributed by atoms with van der Waals surface area (Å²) in [6, 6.07) is 0. The smallest absolute Gasteiger partial charge is 0.306 e. The van der Waals surface area contributed by atoms with E-state index >= 15 is 0 Å². The second-order valence-corrected chi connectivity index (χ2v) is 20.2. The molecule has 0 saturated carbocycles. The molecule has 0 aromatic carbocycles. The molecule has 0 aromatic heterocycles. The Kier molecular flexibility index (Phi) is 58.9. The normalized spacial score (nSPS) is 12.9. The zero-order valence-electron chi connectivity index (χ0n) is 48.8. The van der Waals surface area contributed by atoms with Crippen molar-refractivity contribution in [3.05, 3.63) is 122 Å². The summed E-state index contributed by atoms with van der Waals surface area (Å²) in [7, 11) is 0. The van der Waals surface area contributed by atoms with Gasteiger partial charge in [0, 0.05) is 19.3 Å². The van der Waals surface area contributed by atoms with Crippen LogP contribution in [0.2, 0.25) is 0 Å². The van der Waals surface area contributed by atoms with Gasteiger partial charge < -0.3 is 14.2 Å². The Morgan fingerprint density at radius 2 is 0.533 bits per heavy atom. The second kappa shape index (κ2) is 62.4. The van der Waals surface area contributed by atoms with E-state index in [1.807, 2.05) is 0 Å². The molecule has 6 nitrogen and oxygen atoms in total. The third kappa shape index (κ3) is 60.6. The third-order valence-corrected chi connectivity index (χ3v) is 13.0. The molecule has 0 aliphatic carbocycles. The largest absolute Gasteiger partial charge is 0.462 e. The first-order chi connectivity index (χ1) is 37.0. The lowest BCUT2D eigenvalue weighted by molar-refractivity contribution is -0.167. The summed E-state index contributed by atoms with van der Waals surface area (Å²) >= 11 is 0. The highest BCUT2D eigenvalue weighted by Crippen LogP contribution is 2.15. The van der Waals surface area contributed by atoms with Crippen LogP contribution in [0, 0.1) is 0 Å². The molecule has 0 spiro atoms. The van der Waals surface area contributed by atoms with Crippen LogP contribution in [0.3, 0.4) is 0 Å². The Labute approximate surface area is 462 Å². The molecular formula is C69H114O6. The van der Waals surface area contributed by atoms with Crippen LogP contribution in [-0.4, -0.2) is 37.2 Å². The molecule has 426 valence electrons. The molecule has 0 saturated heterocycles. The van der Waals surface area contributed by atoms with E-state index in [9.17, 15) is 14.4 Å². The van der Waals surface area contributed by atoms with E-state index in [1.54, 1.807) is 0 Å². The van der Waals surface area contributed by atoms with Crippen LogP contribution in [0.1, 0.15) is 278 Å². The highest BCUT2D eigenvalue weighted by Gasteiger charge is 2.19. The van der Waals surface area contributed by atoms with Crippen molar-refractivity contribution in [3.8, 4) is 0 Å². The van der Waals surface area contributed by atoms with E-state index in [0.29, 0.717) is 19.3 Å². The van der Waals surface area contributed by atoms with Gasteiger partial charge in [-0.1, -0.05) is 271 Å². The number of carbonyl (C=O) groups is 3. The Morgan fingerprint density at radius 3 is 0.867 bits per heavy atom. The van der Waals surface area contributed by atoms with Gasteiger partial charge in [0.25, 0.3) is 0 Å². The Morgan fingerprint density at radius 1 is 0.280 bits per heavy atom. The predicted molar refractivity (Wildman–Crippen MR) is 325 cm³/mol. The molecule has 0 bridgehead atoms. The molecule has 75 heavy (non-hydrogen) atoms. The van der Waals surface area contributed by atoms with Crippen molar-refractivity contribution in [2.75, 3.05) is 13.2 Å². The van der Waals surface area contributed by atoms with E-state index in [2.05, 4.69) is 142 Å². The maximum atomic E-state index is 12.8. The van der Waals surface area contributed by atoms with Crippen LogP contribution in [0.4, 0.5) is 0 Å². The van der Waals surface area contributed by atoms with E-state index in [0.717, 1.165) is 135 Å². The van der Waals surface area contributed by atoms with Crippen LogP contribution in [-0.2, 0) is 28.6 Å². The van der Waals surface area contributed by atoms with Gasteiger partial charge in [0.2, 0.25) is 0 Å². The first kappa shape index (κ1) is 70.8. The van der Waals surface area contributed by atoms with Gasteiger partial charge in [0.05, 0.1) is 0 Å². The van der Waals surface area contributed by atoms with Crippen LogP contribution in [0.25, 0.3) is 0 Å².